The lowest BCUT2D eigenvalue weighted by Gasteiger charge is -2.23. The Labute approximate surface area is 206 Å². The molecule has 2 amide bonds. The van der Waals surface area contributed by atoms with Gasteiger partial charge in [0.05, 0.1) is 28.8 Å². The topological polar surface area (TPSA) is 40.6 Å². The molecule has 0 N–H and O–H groups in total. The molecule has 3 aromatic carbocycles. The van der Waals surface area contributed by atoms with E-state index in [0.29, 0.717) is 26.4 Å². The first-order valence-corrected chi connectivity index (χ1v) is 12.1. The van der Waals surface area contributed by atoms with Gasteiger partial charge in [0, 0.05) is 10.6 Å². The number of benzene rings is 3. The number of halogens is 1. The van der Waals surface area contributed by atoms with E-state index in [0.717, 1.165) is 22.4 Å². The number of thioether (sulfide) groups is 1. The lowest BCUT2D eigenvalue weighted by atomic mass is 10.1. The van der Waals surface area contributed by atoms with E-state index in [1.807, 2.05) is 73.7 Å². The van der Waals surface area contributed by atoms with Crippen molar-refractivity contribution in [3.8, 4) is 0 Å². The Hall–Kier alpha value is -2.93. The second-order valence-electron chi connectivity index (χ2n) is 7.87. The smallest absolute Gasteiger partial charge is 0.267 e. The van der Waals surface area contributed by atoms with E-state index in [1.54, 1.807) is 21.9 Å². The zero-order chi connectivity index (χ0) is 23.1. The minimum atomic E-state index is -0.229. The van der Waals surface area contributed by atoms with Crippen LogP contribution in [0.15, 0.2) is 83.8 Å². The zero-order valence-electron chi connectivity index (χ0n) is 17.7. The van der Waals surface area contributed by atoms with Crippen molar-refractivity contribution < 1.29 is 9.59 Å². The van der Waals surface area contributed by atoms with E-state index in [1.165, 1.54) is 11.8 Å². The van der Waals surface area contributed by atoms with E-state index in [2.05, 4.69) is 0 Å². The number of nitrogens with zero attached hydrogens (tertiary/aromatic N) is 2. The van der Waals surface area contributed by atoms with Crippen LogP contribution in [0.25, 0.3) is 5.57 Å². The summed E-state index contributed by atoms with van der Waals surface area (Å²) in [5, 5.41) is 0.642. The van der Waals surface area contributed by atoms with Crippen LogP contribution < -0.4 is 4.90 Å². The number of carbonyl (C=O) groups is 2. The molecule has 3 aromatic rings. The Kier molecular flexibility index (Phi) is 5.83. The molecule has 0 unspecified atom stereocenters. The molecule has 0 aromatic heterocycles. The van der Waals surface area contributed by atoms with Gasteiger partial charge in [-0.25, -0.2) is 0 Å². The number of hydrogen-bond acceptors (Lipinski definition) is 4. The van der Waals surface area contributed by atoms with Crippen LogP contribution in [-0.2, 0) is 16.1 Å². The molecule has 33 heavy (non-hydrogen) atoms. The second-order valence-corrected chi connectivity index (χ2v) is 9.95. The maximum Gasteiger partial charge on any atom is 0.267 e. The number of para-hydroxylation sites is 1. The summed E-state index contributed by atoms with van der Waals surface area (Å²) in [6.45, 7) is 2.34. The fraction of sp³-hybridized carbons (Fsp3) is 0.115. The van der Waals surface area contributed by atoms with Crippen LogP contribution in [0.4, 0.5) is 5.69 Å². The van der Waals surface area contributed by atoms with Gasteiger partial charge >= 0.3 is 0 Å². The Balaban J connectivity index is 1.53. The first kappa shape index (κ1) is 21.9. The SMILES string of the molecule is C[C@H](c1ccccc1)N1C(=O)/C(=C2/C(=O)N(Cc3ccc(Cl)cc3)c3ccccc32)SC1=S. The first-order valence-electron chi connectivity index (χ1n) is 10.5. The molecule has 2 aliphatic heterocycles. The molecule has 0 bridgehead atoms. The molecule has 0 saturated carbocycles. The maximum absolute atomic E-state index is 13.6. The second kappa shape index (κ2) is 8.78. The fourth-order valence-corrected chi connectivity index (χ4v) is 5.79. The Bertz CT molecular complexity index is 1310. The van der Waals surface area contributed by atoms with Crippen molar-refractivity contribution in [2.75, 3.05) is 4.90 Å². The quantitative estimate of drug-likeness (QED) is 0.321. The van der Waals surface area contributed by atoms with Gasteiger partial charge in [-0.1, -0.05) is 96.2 Å². The van der Waals surface area contributed by atoms with Crippen molar-refractivity contribution >= 4 is 63.0 Å². The molecule has 1 saturated heterocycles. The van der Waals surface area contributed by atoms with Gasteiger partial charge in [-0.3, -0.25) is 14.5 Å². The van der Waals surface area contributed by atoms with Crippen molar-refractivity contribution in [1.29, 1.82) is 0 Å². The molecule has 2 aliphatic rings. The number of hydrogen-bond donors (Lipinski definition) is 0. The van der Waals surface area contributed by atoms with Crippen LogP contribution in [0.5, 0.6) is 0 Å². The minimum absolute atomic E-state index is 0.195. The Morgan fingerprint density at radius 2 is 1.58 bits per heavy atom. The van der Waals surface area contributed by atoms with Gasteiger partial charge in [0.15, 0.2) is 0 Å². The Morgan fingerprint density at radius 3 is 2.30 bits per heavy atom. The van der Waals surface area contributed by atoms with Crippen molar-refractivity contribution in [2.45, 2.75) is 19.5 Å². The van der Waals surface area contributed by atoms with Gasteiger partial charge in [0.2, 0.25) is 0 Å². The summed E-state index contributed by atoms with van der Waals surface area (Å²) in [6.07, 6.45) is 0. The molecular weight excluding hydrogens is 472 g/mol. The lowest BCUT2D eigenvalue weighted by molar-refractivity contribution is -0.123. The number of amides is 2. The molecule has 1 fully saturated rings. The number of fused-ring (bicyclic) bond motifs is 1. The molecule has 0 spiro atoms. The maximum atomic E-state index is 13.6. The predicted molar refractivity (Wildman–Crippen MR) is 138 cm³/mol. The third-order valence-corrected chi connectivity index (χ3v) is 7.53. The third kappa shape index (κ3) is 3.88. The number of carbonyl (C=O) groups excluding carboxylic acids is 2. The summed E-state index contributed by atoms with van der Waals surface area (Å²) in [6, 6.07) is 24.5. The summed E-state index contributed by atoms with van der Waals surface area (Å²) in [7, 11) is 0. The number of rotatable bonds is 4. The average Bonchev–Trinajstić information content (AvgIpc) is 3.27. The van der Waals surface area contributed by atoms with Crippen molar-refractivity contribution in [3.05, 3.63) is 105 Å². The van der Waals surface area contributed by atoms with Crippen LogP contribution in [0.2, 0.25) is 5.02 Å². The van der Waals surface area contributed by atoms with Crippen LogP contribution >= 0.6 is 35.6 Å². The molecule has 7 heteroatoms. The predicted octanol–water partition coefficient (Wildman–Crippen LogP) is 6.22. The lowest BCUT2D eigenvalue weighted by Crippen LogP contribution is -2.31. The normalized spacial score (nSPS) is 18.8. The van der Waals surface area contributed by atoms with E-state index in [-0.39, 0.29) is 17.9 Å². The van der Waals surface area contributed by atoms with Crippen LogP contribution in [-0.4, -0.2) is 21.0 Å². The largest absolute Gasteiger partial charge is 0.303 e. The summed E-state index contributed by atoms with van der Waals surface area (Å²) < 4.78 is 0.459. The molecule has 0 radical (unpaired) electrons. The Morgan fingerprint density at radius 1 is 0.909 bits per heavy atom. The molecule has 4 nitrogen and oxygen atoms in total. The van der Waals surface area contributed by atoms with Crippen molar-refractivity contribution in [2.24, 2.45) is 0 Å². The standard InChI is InChI=1S/C26H19ClN2O2S2/c1-16(18-7-3-2-4-8-18)29-25(31)23(33-26(29)32)22-20-9-5-6-10-21(20)28(24(22)30)15-17-11-13-19(27)14-12-17/h2-14,16H,15H2,1H3/b23-22-/t16-/m1/s1. The minimum Gasteiger partial charge on any atom is -0.303 e. The molecule has 1 atom stereocenters. The third-order valence-electron chi connectivity index (χ3n) is 5.87. The monoisotopic (exact) mass is 490 g/mol. The van der Waals surface area contributed by atoms with Gasteiger partial charge in [0.1, 0.15) is 4.32 Å². The number of thiocarbonyl (C=S) groups is 1. The van der Waals surface area contributed by atoms with Gasteiger partial charge in [0.25, 0.3) is 11.8 Å². The van der Waals surface area contributed by atoms with E-state index in [9.17, 15) is 9.59 Å². The van der Waals surface area contributed by atoms with Gasteiger partial charge in [-0.2, -0.15) is 0 Å². The molecule has 0 aliphatic carbocycles. The molecule has 5 rings (SSSR count). The highest BCUT2D eigenvalue weighted by atomic mass is 35.5. The van der Waals surface area contributed by atoms with E-state index >= 15 is 0 Å². The van der Waals surface area contributed by atoms with E-state index < -0.39 is 0 Å². The summed E-state index contributed by atoms with van der Waals surface area (Å²) in [5.74, 6) is -0.424. The summed E-state index contributed by atoms with van der Waals surface area (Å²) in [5.41, 5.74) is 3.90. The summed E-state index contributed by atoms with van der Waals surface area (Å²) >= 11 is 12.8. The molecule has 164 valence electrons. The summed E-state index contributed by atoms with van der Waals surface area (Å²) in [4.78, 5) is 30.9. The van der Waals surface area contributed by atoms with Gasteiger partial charge in [-0.05, 0) is 36.2 Å². The molecular formula is C26H19ClN2O2S2. The van der Waals surface area contributed by atoms with Gasteiger partial charge < -0.3 is 4.90 Å². The van der Waals surface area contributed by atoms with Crippen LogP contribution in [0.3, 0.4) is 0 Å². The highest BCUT2D eigenvalue weighted by molar-refractivity contribution is 8.26. The highest BCUT2D eigenvalue weighted by Gasteiger charge is 2.43. The first-order chi connectivity index (χ1) is 16.0. The number of anilines is 1. The van der Waals surface area contributed by atoms with Crippen LogP contribution in [0, 0.1) is 0 Å². The van der Waals surface area contributed by atoms with Crippen molar-refractivity contribution in [3.63, 3.8) is 0 Å². The van der Waals surface area contributed by atoms with Gasteiger partial charge in [-0.15, -0.1) is 0 Å². The molecule has 2 heterocycles. The van der Waals surface area contributed by atoms with Crippen molar-refractivity contribution in [1.82, 2.24) is 4.90 Å². The highest BCUT2D eigenvalue weighted by Crippen LogP contribution is 2.46. The zero-order valence-corrected chi connectivity index (χ0v) is 20.1. The average molecular weight is 491 g/mol. The van der Waals surface area contributed by atoms with E-state index in [4.69, 9.17) is 23.8 Å². The fourth-order valence-electron chi connectivity index (χ4n) is 4.17. The van der Waals surface area contributed by atoms with Crippen LogP contribution in [0.1, 0.15) is 29.7 Å².